The van der Waals surface area contributed by atoms with Gasteiger partial charge in [0.05, 0.1) is 0 Å². The van der Waals surface area contributed by atoms with E-state index < -0.39 is 0 Å². The van der Waals surface area contributed by atoms with Crippen molar-refractivity contribution < 1.29 is 0 Å². The Balaban J connectivity index is 3.11. The minimum Gasteiger partial charge on any atom is -0.126 e. The fraction of sp³-hybridized carbons (Fsp3) is 0.250. The van der Waals surface area contributed by atoms with Crippen molar-refractivity contribution in [1.82, 2.24) is 0 Å². The van der Waals surface area contributed by atoms with Crippen molar-refractivity contribution in [3.63, 3.8) is 0 Å². The molecule has 0 rings (SSSR count). The maximum absolute atomic E-state index is 4.92. The van der Waals surface area contributed by atoms with Crippen LogP contribution in [0.25, 0.3) is 0 Å². The molecule has 0 unspecified atom stereocenters. The second-order valence-electron chi connectivity index (χ2n) is 1.63. The maximum atomic E-state index is 4.92. The molecule has 9 heavy (non-hydrogen) atoms. The predicted molar refractivity (Wildman–Crippen MR) is 44.8 cm³/mol. The quantitative estimate of drug-likeness (QED) is 0.231. The van der Waals surface area contributed by atoms with Crippen LogP contribution in [0.15, 0.2) is 12.7 Å². The fourth-order valence-corrected chi connectivity index (χ4v) is 1.34. The zero-order valence-electron chi connectivity index (χ0n) is 5.48. The third kappa shape index (κ3) is 7.08. The molecule has 46 valence electrons. The molecular weight excluding hydrogens is 124 g/mol. The Morgan fingerprint density at radius 2 is 2.44 bits per heavy atom. The molecule has 0 aliphatic heterocycles. The summed E-state index contributed by atoms with van der Waals surface area (Å²) in [5.74, 6) is 4.90. The van der Waals surface area contributed by atoms with Crippen LogP contribution in [0.3, 0.4) is 0 Å². The molecule has 0 aromatic rings. The number of hydrogen-bond donors (Lipinski definition) is 0. The molecule has 0 radical (unpaired) electrons. The molecule has 1 heteroatoms. The van der Waals surface area contributed by atoms with Crippen molar-refractivity contribution in [1.29, 1.82) is 0 Å². The molecule has 0 fully saturated rings. The van der Waals surface area contributed by atoms with Crippen LogP contribution in [0.2, 0.25) is 6.04 Å². The Kier molecular flexibility index (Phi) is 6.35. The second-order valence-corrected chi connectivity index (χ2v) is 3.19. The van der Waals surface area contributed by atoms with E-state index in [2.05, 4.69) is 24.0 Å². The first-order valence-corrected chi connectivity index (χ1v) is 4.67. The average molecular weight is 134 g/mol. The molecule has 0 spiro atoms. The predicted octanol–water partition coefficient (Wildman–Crippen LogP) is 0.744. The minimum absolute atomic E-state index is 0.186. The second kappa shape index (κ2) is 7.08. The van der Waals surface area contributed by atoms with E-state index >= 15 is 0 Å². The highest BCUT2D eigenvalue weighted by atomic mass is 28.2. The number of hydrogen-bond acceptors (Lipinski definition) is 0. The van der Waals surface area contributed by atoms with Gasteiger partial charge in [0.15, 0.2) is 0 Å². The largest absolute Gasteiger partial charge is 0.126 e. The summed E-state index contributed by atoms with van der Waals surface area (Å²) in [4.78, 5) is 0. The van der Waals surface area contributed by atoms with Gasteiger partial charge in [0, 0.05) is 0 Å². The summed E-state index contributed by atoms with van der Waals surface area (Å²) in [6.45, 7) is 3.61. The van der Waals surface area contributed by atoms with Gasteiger partial charge in [0.25, 0.3) is 0 Å². The van der Waals surface area contributed by atoms with Crippen molar-refractivity contribution in [2.45, 2.75) is 12.5 Å². The van der Waals surface area contributed by atoms with Gasteiger partial charge in [0.1, 0.15) is 9.52 Å². The lowest BCUT2D eigenvalue weighted by atomic mass is 10.5. The summed E-state index contributed by atoms with van der Waals surface area (Å²) >= 11 is 0. The van der Waals surface area contributed by atoms with Gasteiger partial charge in [-0.05, 0) is 24.3 Å². The van der Waals surface area contributed by atoms with Crippen LogP contribution in [0.4, 0.5) is 0 Å². The van der Waals surface area contributed by atoms with Crippen molar-refractivity contribution in [2.75, 3.05) is 0 Å². The van der Waals surface area contributed by atoms with Gasteiger partial charge in [-0.2, -0.15) is 0 Å². The first-order chi connectivity index (χ1) is 4.41. The van der Waals surface area contributed by atoms with Gasteiger partial charge in [-0.15, -0.1) is 18.5 Å². The Hall–Kier alpha value is -0.923. The van der Waals surface area contributed by atoms with Crippen LogP contribution in [0.1, 0.15) is 6.42 Å². The lowest BCUT2D eigenvalue weighted by Crippen LogP contribution is -1.81. The molecule has 0 N–H and O–H groups in total. The van der Waals surface area contributed by atoms with Crippen LogP contribution in [0.5, 0.6) is 0 Å². The van der Waals surface area contributed by atoms with Gasteiger partial charge in [0.2, 0.25) is 0 Å². The van der Waals surface area contributed by atoms with E-state index in [1.165, 1.54) is 6.04 Å². The summed E-state index contributed by atoms with van der Waals surface area (Å²) in [5, 5.41) is 0. The third-order valence-electron chi connectivity index (χ3n) is 0.871. The summed E-state index contributed by atoms with van der Waals surface area (Å²) in [6.07, 6.45) is 7.93. The standard InChI is InChI=1S/C8H10Si/c1-3-5-7-9-8-6-4-2/h1,4H,2,6,8-9H2. The smallest absolute Gasteiger partial charge is 0.108 e. The number of rotatable bonds is 3. The fourth-order valence-electron chi connectivity index (χ4n) is 0.448. The molecule has 0 bridgehead atoms. The Labute approximate surface area is 59.2 Å². The van der Waals surface area contributed by atoms with Crippen LogP contribution < -0.4 is 0 Å². The van der Waals surface area contributed by atoms with Gasteiger partial charge >= 0.3 is 0 Å². The molecule has 0 aromatic heterocycles. The Morgan fingerprint density at radius 3 is 3.00 bits per heavy atom. The zero-order chi connectivity index (χ0) is 6.95. The molecule has 0 aliphatic rings. The maximum Gasteiger partial charge on any atom is 0.108 e. The van der Waals surface area contributed by atoms with Gasteiger partial charge in [-0.25, -0.2) is 0 Å². The normalized spacial score (nSPS) is 7.89. The number of allylic oxidation sites excluding steroid dienone is 1. The first kappa shape index (κ1) is 8.08. The lowest BCUT2D eigenvalue weighted by molar-refractivity contribution is 1.21. The Morgan fingerprint density at radius 1 is 1.67 bits per heavy atom. The number of terminal acetylenes is 1. The van der Waals surface area contributed by atoms with Crippen LogP contribution in [-0.2, 0) is 0 Å². The van der Waals surface area contributed by atoms with E-state index in [0.717, 1.165) is 6.42 Å². The Bertz CT molecular complexity index is 163. The molecular formula is C8H10Si. The van der Waals surface area contributed by atoms with Crippen LogP contribution >= 0.6 is 0 Å². The topological polar surface area (TPSA) is 0 Å². The van der Waals surface area contributed by atoms with Gasteiger partial charge in [-0.3, -0.25) is 0 Å². The summed E-state index contributed by atoms with van der Waals surface area (Å²) < 4.78 is 0. The minimum atomic E-state index is -0.186. The molecule has 0 nitrogen and oxygen atoms in total. The van der Waals surface area contributed by atoms with E-state index in [4.69, 9.17) is 6.42 Å². The van der Waals surface area contributed by atoms with Crippen molar-refractivity contribution in [2.24, 2.45) is 0 Å². The molecule has 0 saturated carbocycles. The average Bonchev–Trinajstić information content (AvgIpc) is 1.89. The highest BCUT2D eigenvalue weighted by molar-refractivity contribution is 6.46. The summed E-state index contributed by atoms with van der Waals surface area (Å²) in [5.41, 5.74) is 2.97. The van der Waals surface area contributed by atoms with E-state index in [1.54, 1.807) is 0 Å². The van der Waals surface area contributed by atoms with E-state index in [-0.39, 0.29) is 9.52 Å². The van der Waals surface area contributed by atoms with Crippen molar-refractivity contribution in [3.05, 3.63) is 12.7 Å². The lowest BCUT2D eigenvalue weighted by Gasteiger charge is -1.81. The first-order valence-electron chi connectivity index (χ1n) is 2.96. The highest BCUT2D eigenvalue weighted by Crippen LogP contribution is 1.85. The molecule has 0 saturated heterocycles. The van der Waals surface area contributed by atoms with Gasteiger partial charge < -0.3 is 0 Å². The van der Waals surface area contributed by atoms with E-state index in [9.17, 15) is 0 Å². The summed E-state index contributed by atoms with van der Waals surface area (Å²) in [6, 6.07) is 1.21. The third-order valence-corrected chi connectivity index (χ3v) is 2.06. The molecule has 0 heterocycles. The van der Waals surface area contributed by atoms with Crippen molar-refractivity contribution in [3.8, 4) is 23.8 Å². The molecule has 0 aromatic carbocycles. The van der Waals surface area contributed by atoms with E-state index in [0.29, 0.717) is 0 Å². The molecule has 0 aliphatic carbocycles. The van der Waals surface area contributed by atoms with Crippen molar-refractivity contribution >= 4 is 9.52 Å². The highest BCUT2D eigenvalue weighted by Gasteiger charge is 1.77. The van der Waals surface area contributed by atoms with Crippen LogP contribution in [0, 0.1) is 23.8 Å². The van der Waals surface area contributed by atoms with E-state index in [1.807, 2.05) is 6.08 Å². The van der Waals surface area contributed by atoms with Crippen LogP contribution in [-0.4, -0.2) is 9.52 Å². The SMILES string of the molecule is C#CC#C[SiH2]CCC=C. The van der Waals surface area contributed by atoms with Gasteiger partial charge in [-0.1, -0.05) is 6.08 Å². The zero-order valence-corrected chi connectivity index (χ0v) is 6.90. The monoisotopic (exact) mass is 134 g/mol. The molecule has 0 atom stereocenters. The summed E-state index contributed by atoms with van der Waals surface area (Å²) in [7, 11) is -0.186. The molecule has 0 amide bonds.